The molecule has 4 nitrogen and oxygen atoms in total. The lowest BCUT2D eigenvalue weighted by atomic mass is 9.81. The molecule has 0 heterocycles. The molecule has 2 rings (SSSR count). The van der Waals surface area contributed by atoms with E-state index in [1.54, 1.807) is 0 Å². The van der Waals surface area contributed by atoms with Gasteiger partial charge in [-0.2, -0.15) is 0 Å². The molecule has 0 bridgehead atoms. The smallest absolute Gasteiger partial charge is 0.237 e. The molecule has 115 valence electrons. The molecule has 0 unspecified atom stereocenters. The number of rotatable bonds is 7. The van der Waals surface area contributed by atoms with Crippen molar-refractivity contribution in [2.45, 2.75) is 50.2 Å². The van der Waals surface area contributed by atoms with E-state index in [9.17, 15) is 9.90 Å². The quantitative estimate of drug-likeness (QED) is 0.713. The molecule has 1 aromatic carbocycles. The zero-order valence-corrected chi connectivity index (χ0v) is 12.4. The number of benzene rings is 1. The summed E-state index contributed by atoms with van der Waals surface area (Å²) in [4.78, 5) is 11.7. The molecule has 0 aliphatic heterocycles. The maximum absolute atomic E-state index is 11.7. The fourth-order valence-corrected chi connectivity index (χ4v) is 2.94. The molecule has 1 amide bonds. The second kappa shape index (κ2) is 7.57. The first-order valence-corrected chi connectivity index (χ1v) is 7.73. The number of amides is 1. The Morgan fingerprint density at radius 2 is 1.95 bits per heavy atom. The van der Waals surface area contributed by atoms with Gasteiger partial charge in [0, 0.05) is 6.54 Å². The van der Waals surface area contributed by atoms with Crippen molar-refractivity contribution in [2.24, 2.45) is 5.73 Å². The zero-order valence-electron chi connectivity index (χ0n) is 12.4. The van der Waals surface area contributed by atoms with Crippen LogP contribution in [0.3, 0.4) is 0 Å². The highest BCUT2D eigenvalue weighted by Crippen LogP contribution is 2.27. The molecule has 1 aliphatic rings. The van der Waals surface area contributed by atoms with Crippen molar-refractivity contribution in [1.82, 2.24) is 5.32 Å². The lowest BCUT2D eigenvalue weighted by Gasteiger charge is -2.36. The number of carbonyl (C=O) groups excluding carboxylic acids is 1. The van der Waals surface area contributed by atoms with Gasteiger partial charge in [-0.25, -0.2) is 0 Å². The molecule has 1 atom stereocenters. The summed E-state index contributed by atoms with van der Waals surface area (Å²) < 4.78 is 0. The topological polar surface area (TPSA) is 75.4 Å². The average molecular weight is 289 g/mol. The molecule has 0 saturated heterocycles. The van der Waals surface area contributed by atoms with E-state index in [2.05, 4.69) is 5.32 Å². The van der Waals surface area contributed by atoms with Gasteiger partial charge in [-0.15, -0.1) is 0 Å². The number of carbonyl (C=O) groups is 1. The molecular weight excluding hydrogens is 264 g/mol. The van der Waals surface area contributed by atoms with Crippen molar-refractivity contribution in [3.8, 4) is 0 Å². The molecule has 1 aromatic rings. The summed E-state index contributed by atoms with van der Waals surface area (Å²) in [6.45, 7) is 0.371. The Balaban J connectivity index is 1.79. The summed E-state index contributed by atoms with van der Waals surface area (Å²) in [5, 5.41) is 13.3. The minimum atomic E-state index is -0.625. The van der Waals surface area contributed by atoms with Crippen LogP contribution in [0.1, 0.15) is 37.7 Å². The zero-order chi connectivity index (χ0) is 15.1. The summed E-state index contributed by atoms with van der Waals surface area (Å²) in [7, 11) is 0. The van der Waals surface area contributed by atoms with Crippen LogP contribution in [0.4, 0.5) is 0 Å². The molecule has 4 heteroatoms. The van der Waals surface area contributed by atoms with E-state index in [1.165, 1.54) is 5.56 Å². The Morgan fingerprint density at radius 1 is 1.29 bits per heavy atom. The van der Waals surface area contributed by atoms with E-state index in [0.717, 1.165) is 32.1 Å². The van der Waals surface area contributed by atoms with Crippen molar-refractivity contribution >= 4 is 5.91 Å². The number of β-amino-alcohol motifs (C(OH)–C–C–N with tert-alkyl or cyclic N) is 1. The molecule has 1 radical (unpaired) electrons. The van der Waals surface area contributed by atoms with Crippen LogP contribution >= 0.6 is 0 Å². The van der Waals surface area contributed by atoms with Crippen LogP contribution in [0.2, 0.25) is 0 Å². The molecule has 1 fully saturated rings. The van der Waals surface area contributed by atoms with Crippen molar-refractivity contribution in [3.05, 3.63) is 42.3 Å². The van der Waals surface area contributed by atoms with E-state index in [1.807, 2.05) is 36.8 Å². The van der Waals surface area contributed by atoms with Crippen molar-refractivity contribution in [2.75, 3.05) is 6.54 Å². The van der Waals surface area contributed by atoms with E-state index < -0.39 is 11.6 Å². The lowest BCUT2D eigenvalue weighted by Crippen LogP contribution is -2.58. The lowest BCUT2D eigenvalue weighted by molar-refractivity contribution is -0.125. The number of nitrogens with one attached hydrogen (secondary N) is 1. The van der Waals surface area contributed by atoms with Crippen LogP contribution in [-0.4, -0.2) is 29.2 Å². The highest BCUT2D eigenvalue weighted by Gasteiger charge is 2.37. The van der Waals surface area contributed by atoms with Crippen LogP contribution < -0.4 is 11.1 Å². The molecule has 0 aromatic heterocycles. The van der Waals surface area contributed by atoms with Gasteiger partial charge in [0.15, 0.2) is 0 Å². The Bertz CT molecular complexity index is 441. The van der Waals surface area contributed by atoms with Gasteiger partial charge >= 0.3 is 0 Å². The molecule has 1 saturated carbocycles. The van der Waals surface area contributed by atoms with Crippen molar-refractivity contribution in [3.63, 3.8) is 0 Å². The van der Waals surface area contributed by atoms with Crippen molar-refractivity contribution < 1.29 is 9.90 Å². The third-order valence-electron chi connectivity index (χ3n) is 4.30. The third kappa shape index (κ3) is 4.55. The van der Waals surface area contributed by atoms with Gasteiger partial charge in [0.25, 0.3) is 0 Å². The van der Waals surface area contributed by atoms with E-state index in [4.69, 9.17) is 5.73 Å². The minimum Gasteiger partial charge on any atom is -0.391 e. The van der Waals surface area contributed by atoms with E-state index in [0.29, 0.717) is 13.0 Å². The second-order valence-corrected chi connectivity index (χ2v) is 5.88. The predicted molar refractivity (Wildman–Crippen MR) is 83.5 cm³/mol. The molecule has 21 heavy (non-hydrogen) atoms. The molecule has 1 aliphatic carbocycles. The summed E-state index contributed by atoms with van der Waals surface area (Å²) >= 11 is 0. The van der Waals surface area contributed by atoms with Gasteiger partial charge in [0.2, 0.25) is 5.91 Å². The van der Waals surface area contributed by atoms with Crippen LogP contribution in [0, 0.1) is 6.42 Å². The Labute approximate surface area is 126 Å². The van der Waals surface area contributed by atoms with E-state index >= 15 is 0 Å². The monoisotopic (exact) mass is 289 g/mol. The first-order chi connectivity index (χ1) is 10.1. The second-order valence-electron chi connectivity index (χ2n) is 5.88. The number of aliphatic hydroxyl groups excluding tert-OH is 1. The third-order valence-corrected chi connectivity index (χ3v) is 4.30. The maximum Gasteiger partial charge on any atom is 0.237 e. The van der Waals surface area contributed by atoms with Gasteiger partial charge in [-0.3, -0.25) is 4.79 Å². The summed E-state index contributed by atoms with van der Waals surface area (Å²) in [5.41, 5.74) is 6.10. The number of hydrogen-bond donors (Lipinski definition) is 3. The number of nitrogens with two attached hydrogens (primary N) is 1. The summed E-state index contributed by atoms with van der Waals surface area (Å²) in [6, 6.07) is 10.0. The molecule has 0 spiro atoms. The fraction of sp³-hybridized carbons (Fsp3) is 0.529. The summed E-state index contributed by atoms with van der Waals surface area (Å²) in [6.07, 6.45) is 6.72. The largest absolute Gasteiger partial charge is 0.391 e. The number of primary amides is 1. The Morgan fingerprint density at radius 3 is 2.57 bits per heavy atom. The first kappa shape index (κ1) is 16.0. The Hall–Kier alpha value is -1.39. The predicted octanol–water partition coefficient (Wildman–Crippen LogP) is 1.57. The highest BCUT2D eigenvalue weighted by atomic mass is 16.3. The van der Waals surface area contributed by atoms with Gasteiger partial charge in [0.05, 0.1) is 11.6 Å². The highest BCUT2D eigenvalue weighted by molar-refractivity contribution is 5.84. The fourth-order valence-electron chi connectivity index (χ4n) is 2.94. The van der Waals surface area contributed by atoms with Crippen molar-refractivity contribution in [1.29, 1.82) is 0 Å². The van der Waals surface area contributed by atoms with Gasteiger partial charge < -0.3 is 16.2 Å². The van der Waals surface area contributed by atoms with Crippen LogP contribution in [0.25, 0.3) is 0 Å². The number of hydrogen-bond acceptors (Lipinski definition) is 3. The molecular formula is C17H25N2O2. The first-order valence-electron chi connectivity index (χ1n) is 7.73. The average Bonchev–Trinajstić information content (AvgIpc) is 2.52. The maximum atomic E-state index is 11.7. The standard InChI is InChI=1S/C17H25N2O2/c18-16(21)17(11-5-2-6-12-17)19-13-15(20)10-9-14-7-3-1-4-8-14/h1,3-4,7-8,10,15,19-20H,2,5-6,9,11-13H2,(H2,18,21)/t15-/m1/s1. The molecule has 4 N–H and O–H groups in total. The van der Waals surface area contributed by atoms with Gasteiger partial charge in [-0.05, 0) is 31.2 Å². The van der Waals surface area contributed by atoms with Gasteiger partial charge in [0.1, 0.15) is 0 Å². The minimum absolute atomic E-state index is 0.294. The number of aliphatic hydroxyl groups is 1. The van der Waals surface area contributed by atoms with Crippen LogP contribution in [0.15, 0.2) is 30.3 Å². The van der Waals surface area contributed by atoms with Gasteiger partial charge in [-0.1, -0.05) is 49.6 Å². The summed E-state index contributed by atoms with van der Waals surface area (Å²) in [5.74, 6) is -0.294. The normalized spacial score (nSPS) is 19.1. The van der Waals surface area contributed by atoms with E-state index in [-0.39, 0.29) is 5.91 Å². The van der Waals surface area contributed by atoms with Crippen LogP contribution in [-0.2, 0) is 11.2 Å². The van der Waals surface area contributed by atoms with Crippen LogP contribution in [0.5, 0.6) is 0 Å². The SMILES string of the molecule is NC(=O)C1(NC[C@H](O)[CH]Cc2ccccc2)CCCCC1. The Kier molecular flexibility index (Phi) is 5.76.